The molecule has 0 radical (unpaired) electrons. The molecule has 0 unspecified atom stereocenters. The third-order valence-electron chi connectivity index (χ3n) is 9.66. The molecule has 232 valence electrons. The van der Waals surface area contributed by atoms with E-state index in [1.165, 1.54) is 15.6 Å². The second kappa shape index (κ2) is 12.6. The van der Waals surface area contributed by atoms with Crippen LogP contribution in [0.2, 0.25) is 0 Å². The number of rotatable bonds is 6. The quantitative estimate of drug-likeness (QED) is 0.138. The predicted octanol–water partition coefficient (Wildman–Crippen LogP) is 7.44. The first-order chi connectivity index (χ1) is 24.7. The first-order valence-corrected chi connectivity index (χ1v) is 18.4. The Balaban J connectivity index is 1.44. The first kappa shape index (κ1) is 30.4. The molecule has 1 heterocycles. The minimum absolute atomic E-state index is 0.486. The molecule has 4 nitrogen and oxygen atoms in total. The molecule has 8 rings (SSSR count). The van der Waals surface area contributed by atoms with Crippen LogP contribution in [-0.4, -0.2) is 12.6 Å². The number of benzene rings is 7. The highest BCUT2D eigenvalue weighted by molar-refractivity contribution is 7.20. The molecule has 0 N–H and O–H groups in total. The van der Waals surface area contributed by atoms with E-state index in [-0.39, 0.29) is 0 Å². The van der Waals surface area contributed by atoms with Crippen molar-refractivity contribution in [2.45, 2.75) is 0 Å². The summed E-state index contributed by atoms with van der Waals surface area (Å²) in [6, 6.07) is 64.9. The summed E-state index contributed by atoms with van der Waals surface area (Å²) < 4.78 is 2.10. The van der Waals surface area contributed by atoms with Crippen LogP contribution < -0.4 is 20.7 Å². The summed E-state index contributed by atoms with van der Waals surface area (Å²) in [5, 5.41) is 37.7. The molecule has 0 fully saturated rings. The Hall–Kier alpha value is -6.97. The van der Waals surface area contributed by atoms with Crippen LogP contribution in [0.15, 0.2) is 170 Å². The van der Waals surface area contributed by atoms with E-state index < -0.39 is 8.07 Å². The van der Waals surface area contributed by atoms with Gasteiger partial charge in [-0.15, -0.1) is 0 Å². The molecule has 0 saturated carbocycles. The maximum absolute atomic E-state index is 10.7. The van der Waals surface area contributed by atoms with Crippen LogP contribution in [0.1, 0.15) is 16.7 Å². The van der Waals surface area contributed by atoms with Gasteiger partial charge in [-0.2, -0.15) is 15.8 Å². The van der Waals surface area contributed by atoms with Gasteiger partial charge in [-0.05, 0) is 74.3 Å². The van der Waals surface area contributed by atoms with Gasteiger partial charge in [0.1, 0.15) is 6.07 Å². The summed E-state index contributed by atoms with van der Waals surface area (Å²) in [6.45, 7) is 0. The van der Waals surface area contributed by atoms with E-state index in [0.717, 1.165) is 43.8 Å². The van der Waals surface area contributed by atoms with E-state index >= 15 is 0 Å². The topological polar surface area (TPSA) is 76.3 Å². The zero-order valence-electron chi connectivity index (χ0n) is 27.0. The third kappa shape index (κ3) is 4.72. The number of fused-ring (bicyclic) bond motifs is 3. The van der Waals surface area contributed by atoms with Crippen molar-refractivity contribution in [3.63, 3.8) is 0 Å². The lowest BCUT2D eigenvalue weighted by atomic mass is 9.97. The average molecular weight is 653 g/mol. The van der Waals surface area contributed by atoms with Gasteiger partial charge in [-0.3, -0.25) is 0 Å². The number of hydrogen-bond donors (Lipinski definition) is 0. The van der Waals surface area contributed by atoms with Gasteiger partial charge in [0, 0.05) is 10.8 Å². The van der Waals surface area contributed by atoms with E-state index in [2.05, 4.69) is 102 Å². The van der Waals surface area contributed by atoms with E-state index in [0.29, 0.717) is 16.7 Å². The molecule has 0 aliphatic heterocycles. The van der Waals surface area contributed by atoms with Crippen molar-refractivity contribution in [1.29, 1.82) is 15.8 Å². The van der Waals surface area contributed by atoms with Crippen molar-refractivity contribution in [2.75, 3.05) is 0 Å². The molecular formula is C45H28N4Si. The number of nitriles is 3. The van der Waals surface area contributed by atoms with Gasteiger partial charge in [-0.1, -0.05) is 127 Å². The van der Waals surface area contributed by atoms with Gasteiger partial charge in [0.2, 0.25) is 0 Å². The summed E-state index contributed by atoms with van der Waals surface area (Å²) in [5.41, 5.74) is 5.87. The molecule has 0 aliphatic carbocycles. The van der Waals surface area contributed by atoms with Crippen LogP contribution in [0.3, 0.4) is 0 Å². The fourth-order valence-corrected chi connectivity index (χ4v) is 12.6. The number of aromatic nitrogens is 1. The van der Waals surface area contributed by atoms with Gasteiger partial charge in [0.15, 0.2) is 8.07 Å². The molecule has 50 heavy (non-hydrogen) atoms. The Morgan fingerprint density at radius 1 is 0.440 bits per heavy atom. The van der Waals surface area contributed by atoms with Gasteiger partial charge in [0.25, 0.3) is 0 Å². The highest BCUT2D eigenvalue weighted by atomic mass is 28.3. The van der Waals surface area contributed by atoms with Crippen LogP contribution in [0.25, 0.3) is 38.6 Å². The van der Waals surface area contributed by atoms with Crippen molar-refractivity contribution in [2.24, 2.45) is 0 Å². The molecule has 0 saturated heterocycles. The second-order valence-electron chi connectivity index (χ2n) is 12.2. The molecule has 0 amide bonds. The summed E-state index contributed by atoms with van der Waals surface area (Å²) >= 11 is 0. The smallest absolute Gasteiger partial charge is 0.180 e. The summed E-state index contributed by atoms with van der Waals surface area (Å²) in [5.74, 6) is 0. The summed E-state index contributed by atoms with van der Waals surface area (Å²) in [6.07, 6.45) is 0. The minimum Gasteiger partial charge on any atom is -0.308 e. The summed E-state index contributed by atoms with van der Waals surface area (Å²) in [4.78, 5) is 0. The SMILES string of the molecule is N#Cc1ccc2c(c1)c1ccccc1n2-c1ccc(-c2c(C#N)cccc2[Si](c2ccccc2)(c2ccccc2)c2ccccc2)cc1C#N. The van der Waals surface area contributed by atoms with Gasteiger partial charge in [-0.25, -0.2) is 0 Å². The fraction of sp³-hybridized carbons (Fsp3) is 0. The Morgan fingerprint density at radius 3 is 1.62 bits per heavy atom. The highest BCUT2D eigenvalue weighted by Crippen LogP contribution is 2.35. The summed E-state index contributed by atoms with van der Waals surface area (Å²) in [7, 11) is -3.02. The van der Waals surface area contributed by atoms with Crippen LogP contribution >= 0.6 is 0 Å². The van der Waals surface area contributed by atoms with Crippen LogP contribution in [0.5, 0.6) is 0 Å². The highest BCUT2D eigenvalue weighted by Gasteiger charge is 2.43. The number of nitrogens with zero attached hydrogens (tertiary/aromatic N) is 4. The molecule has 0 aliphatic rings. The standard InChI is InChI=1S/C45H28N4Si/c46-29-32-23-25-43-40(27-32)39-20-10-11-21-42(39)49(43)41-26-24-33(28-35(41)31-48)45-34(30-47)13-12-22-44(45)50(36-14-4-1-5-15-36,37-16-6-2-7-17-37)38-18-8-3-9-19-38/h1-28H. The lowest BCUT2D eigenvalue weighted by Gasteiger charge is -2.36. The van der Waals surface area contributed by atoms with Crippen LogP contribution in [-0.2, 0) is 0 Å². The number of hydrogen-bond acceptors (Lipinski definition) is 3. The lowest BCUT2D eigenvalue weighted by molar-refractivity contribution is 1.17. The molecule has 1 aromatic heterocycles. The molecule has 0 spiro atoms. The Morgan fingerprint density at radius 2 is 1.02 bits per heavy atom. The second-order valence-corrected chi connectivity index (χ2v) is 16.0. The Bertz CT molecular complexity index is 2580. The molecule has 0 atom stereocenters. The van der Waals surface area contributed by atoms with Crippen LogP contribution in [0, 0.1) is 34.0 Å². The molecule has 8 aromatic rings. The van der Waals surface area contributed by atoms with E-state index in [1.807, 2.05) is 91.0 Å². The molecule has 0 bridgehead atoms. The van der Waals surface area contributed by atoms with Gasteiger partial charge in [0.05, 0.1) is 45.5 Å². The van der Waals surface area contributed by atoms with Crippen molar-refractivity contribution in [3.8, 4) is 35.0 Å². The Labute approximate surface area is 291 Å². The maximum atomic E-state index is 10.7. The van der Waals surface area contributed by atoms with Gasteiger partial charge < -0.3 is 4.57 Å². The third-order valence-corrected chi connectivity index (χ3v) is 14.5. The molecular weight excluding hydrogens is 625 g/mol. The zero-order valence-corrected chi connectivity index (χ0v) is 28.0. The fourth-order valence-electron chi connectivity index (χ4n) is 7.58. The van der Waals surface area contributed by atoms with E-state index in [4.69, 9.17) is 0 Å². The van der Waals surface area contributed by atoms with Gasteiger partial charge >= 0.3 is 0 Å². The van der Waals surface area contributed by atoms with E-state index in [1.54, 1.807) is 0 Å². The van der Waals surface area contributed by atoms with Crippen molar-refractivity contribution >= 4 is 50.6 Å². The van der Waals surface area contributed by atoms with Crippen LogP contribution in [0.4, 0.5) is 0 Å². The monoisotopic (exact) mass is 652 g/mol. The first-order valence-electron chi connectivity index (χ1n) is 16.4. The Kier molecular flexibility index (Phi) is 7.63. The lowest BCUT2D eigenvalue weighted by Crippen LogP contribution is -2.75. The number of para-hydroxylation sites is 1. The molecule has 5 heteroatoms. The van der Waals surface area contributed by atoms with Crippen molar-refractivity contribution < 1.29 is 0 Å². The van der Waals surface area contributed by atoms with E-state index in [9.17, 15) is 15.8 Å². The minimum atomic E-state index is -3.02. The van der Waals surface area contributed by atoms with Crippen molar-refractivity contribution in [3.05, 3.63) is 187 Å². The normalized spacial score (nSPS) is 11.1. The van der Waals surface area contributed by atoms with Crippen molar-refractivity contribution in [1.82, 2.24) is 4.57 Å². The zero-order chi connectivity index (χ0) is 34.1. The predicted molar refractivity (Wildman–Crippen MR) is 204 cm³/mol. The average Bonchev–Trinajstić information content (AvgIpc) is 3.52. The molecule has 7 aromatic carbocycles. The largest absolute Gasteiger partial charge is 0.308 e. The maximum Gasteiger partial charge on any atom is 0.180 e.